The molecule has 3 heterocycles. The molecule has 176 valence electrons. The third-order valence-electron chi connectivity index (χ3n) is 4.32. The Balaban J connectivity index is 1.49. The van der Waals surface area contributed by atoms with E-state index in [1.165, 1.54) is 0 Å². The summed E-state index contributed by atoms with van der Waals surface area (Å²) in [6, 6.07) is -0.269. The zero-order valence-electron chi connectivity index (χ0n) is 18.3. The highest BCUT2D eigenvalue weighted by Gasteiger charge is 2.32. The number of halogens is 3. The second kappa shape index (κ2) is 9.27. The lowest BCUT2D eigenvalue weighted by Gasteiger charge is -2.26. The molecule has 2 aromatic heterocycles. The highest BCUT2D eigenvalue weighted by molar-refractivity contribution is 5.68. The van der Waals surface area contributed by atoms with E-state index in [1.54, 1.807) is 37.3 Å². The third kappa shape index (κ3) is 6.52. The number of fused-ring (bicyclic) bond motifs is 1. The van der Waals surface area contributed by atoms with Gasteiger partial charge in [-0.1, -0.05) is 0 Å². The Morgan fingerprint density at radius 3 is 2.53 bits per heavy atom. The van der Waals surface area contributed by atoms with Gasteiger partial charge in [-0.15, -0.1) is 0 Å². The molecule has 1 aliphatic heterocycles. The molecule has 3 rings (SSSR count). The molecule has 0 aromatic carbocycles. The second-order valence-corrected chi connectivity index (χ2v) is 8.42. The van der Waals surface area contributed by atoms with E-state index >= 15 is 0 Å². The fourth-order valence-corrected chi connectivity index (χ4v) is 2.93. The van der Waals surface area contributed by atoms with Crippen LogP contribution in [-0.2, 0) is 35.3 Å². The normalized spacial score (nSPS) is 15.3. The maximum absolute atomic E-state index is 12.7. The summed E-state index contributed by atoms with van der Waals surface area (Å²) >= 11 is 0. The van der Waals surface area contributed by atoms with Crippen molar-refractivity contribution in [3.05, 3.63) is 29.6 Å². The number of nitrogens with one attached hydrogen (secondary N) is 1. The Morgan fingerprint density at radius 1 is 1.22 bits per heavy atom. The van der Waals surface area contributed by atoms with Crippen molar-refractivity contribution in [1.29, 1.82) is 0 Å². The Labute approximate surface area is 183 Å². The average Bonchev–Trinajstić information content (AvgIpc) is 3.07. The van der Waals surface area contributed by atoms with E-state index in [-0.39, 0.29) is 25.2 Å². The zero-order valence-corrected chi connectivity index (χ0v) is 18.3. The maximum atomic E-state index is 12.7. The average molecular weight is 457 g/mol. The van der Waals surface area contributed by atoms with Crippen molar-refractivity contribution in [3.8, 4) is 0 Å². The fraction of sp³-hybridized carbons (Fsp3) is 0.632. The zero-order chi connectivity index (χ0) is 23.5. The van der Waals surface area contributed by atoms with Crippen LogP contribution < -0.4 is 10.2 Å². The molecule has 10 nitrogen and oxygen atoms in total. The first-order valence-electron chi connectivity index (χ1n) is 10.0. The van der Waals surface area contributed by atoms with Crippen molar-refractivity contribution in [2.75, 3.05) is 18.1 Å². The molecule has 13 heteroatoms. The van der Waals surface area contributed by atoms with Crippen molar-refractivity contribution >= 4 is 12.0 Å². The van der Waals surface area contributed by atoms with E-state index in [0.717, 1.165) is 12.4 Å². The van der Waals surface area contributed by atoms with Crippen LogP contribution in [-0.4, -0.2) is 55.6 Å². The molecular weight excluding hydrogens is 431 g/mol. The molecule has 0 bridgehead atoms. The van der Waals surface area contributed by atoms with Gasteiger partial charge in [0.2, 0.25) is 5.95 Å². The highest BCUT2D eigenvalue weighted by atomic mass is 19.4. The van der Waals surface area contributed by atoms with Gasteiger partial charge in [0.1, 0.15) is 18.0 Å². The first-order chi connectivity index (χ1) is 14.9. The van der Waals surface area contributed by atoms with Gasteiger partial charge in [-0.25, -0.2) is 24.4 Å². The topological polar surface area (TPSA) is 107 Å². The molecule has 1 amide bonds. The highest BCUT2D eigenvalue weighted by Crippen LogP contribution is 2.28. The van der Waals surface area contributed by atoms with Gasteiger partial charge >= 0.3 is 12.3 Å². The SMILES string of the molecule is C[C@@H](COCc1nc2n(n1)CCN(c1ncc(C(F)(F)F)cn1)C2)NC(=O)OC(C)(C)C. The van der Waals surface area contributed by atoms with Crippen molar-refractivity contribution < 1.29 is 27.4 Å². The second-order valence-electron chi connectivity index (χ2n) is 8.42. The lowest BCUT2D eigenvalue weighted by Crippen LogP contribution is -2.39. The molecule has 0 radical (unpaired) electrons. The number of hydrogen-bond acceptors (Lipinski definition) is 8. The molecule has 2 aromatic rings. The number of amides is 1. The number of ether oxygens (including phenoxy) is 2. The summed E-state index contributed by atoms with van der Waals surface area (Å²) < 4.78 is 50.6. The first-order valence-corrected chi connectivity index (χ1v) is 10.0. The van der Waals surface area contributed by atoms with Crippen LogP contribution in [0.15, 0.2) is 12.4 Å². The van der Waals surface area contributed by atoms with E-state index in [9.17, 15) is 18.0 Å². The Hall–Kier alpha value is -2.96. The molecule has 0 saturated carbocycles. The molecule has 0 saturated heterocycles. The van der Waals surface area contributed by atoms with Crippen molar-refractivity contribution in [1.82, 2.24) is 30.0 Å². The predicted octanol–water partition coefficient (Wildman–Crippen LogP) is 2.54. The Morgan fingerprint density at radius 2 is 1.91 bits per heavy atom. The summed E-state index contributed by atoms with van der Waals surface area (Å²) in [6.45, 7) is 8.82. The molecule has 32 heavy (non-hydrogen) atoms. The first kappa shape index (κ1) is 23.7. The summed E-state index contributed by atoms with van der Waals surface area (Å²) in [4.78, 5) is 25.6. The van der Waals surface area contributed by atoms with E-state index in [2.05, 4.69) is 25.4 Å². The Kier molecular flexibility index (Phi) is 6.86. The minimum atomic E-state index is -4.48. The lowest BCUT2D eigenvalue weighted by atomic mass is 10.2. The van der Waals surface area contributed by atoms with Gasteiger partial charge in [0.15, 0.2) is 5.82 Å². The number of carbonyl (C=O) groups excluding carboxylic acids is 1. The quantitative estimate of drug-likeness (QED) is 0.705. The van der Waals surface area contributed by atoms with Crippen LogP contribution in [0.5, 0.6) is 0 Å². The molecule has 0 fully saturated rings. The molecule has 0 spiro atoms. The van der Waals surface area contributed by atoms with Gasteiger partial charge in [-0.05, 0) is 27.7 Å². The maximum Gasteiger partial charge on any atom is 0.419 e. The molecular formula is C19H26F3N7O3. The van der Waals surface area contributed by atoms with E-state index < -0.39 is 23.4 Å². The molecule has 0 aliphatic carbocycles. The number of rotatable bonds is 6. The van der Waals surface area contributed by atoms with Crippen molar-refractivity contribution in [2.45, 2.75) is 65.2 Å². The van der Waals surface area contributed by atoms with E-state index in [0.29, 0.717) is 31.3 Å². The predicted molar refractivity (Wildman–Crippen MR) is 107 cm³/mol. The van der Waals surface area contributed by atoms with Crippen LogP contribution in [0.2, 0.25) is 0 Å². The summed E-state index contributed by atoms with van der Waals surface area (Å²) in [5.41, 5.74) is -1.47. The minimum absolute atomic E-state index is 0.150. The van der Waals surface area contributed by atoms with Gasteiger partial charge in [0.25, 0.3) is 0 Å². The van der Waals surface area contributed by atoms with Gasteiger partial charge in [-0.3, -0.25) is 0 Å². The number of alkyl carbamates (subject to hydrolysis) is 1. The number of hydrogen-bond donors (Lipinski definition) is 1. The molecule has 0 unspecified atom stereocenters. The van der Waals surface area contributed by atoms with Crippen molar-refractivity contribution in [2.24, 2.45) is 0 Å². The minimum Gasteiger partial charge on any atom is -0.444 e. The number of anilines is 1. The van der Waals surface area contributed by atoms with Gasteiger partial charge in [0.05, 0.1) is 31.3 Å². The summed E-state index contributed by atoms with van der Waals surface area (Å²) in [5.74, 6) is 1.31. The number of alkyl halides is 3. The van der Waals surface area contributed by atoms with E-state index in [1.807, 2.05) is 0 Å². The number of carbonyl (C=O) groups is 1. The standard InChI is InChI=1S/C19H26F3N7O3/c1-12(25-17(30)32-18(2,3)4)10-31-11-14-26-15-9-28(5-6-29(15)27-14)16-23-7-13(8-24-16)19(20,21)22/h7-8,12H,5-6,9-11H2,1-4H3,(H,25,30)/t12-/m0/s1. The van der Waals surface area contributed by atoms with Crippen LogP contribution in [0.3, 0.4) is 0 Å². The summed E-state index contributed by atoms with van der Waals surface area (Å²) in [7, 11) is 0. The summed E-state index contributed by atoms with van der Waals surface area (Å²) in [5, 5.41) is 7.07. The van der Waals surface area contributed by atoms with Crippen LogP contribution in [0.4, 0.5) is 23.9 Å². The van der Waals surface area contributed by atoms with Gasteiger partial charge < -0.3 is 19.7 Å². The smallest absolute Gasteiger partial charge is 0.419 e. The van der Waals surface area contributed by atoms with Gasteiger partial charge in [-0.2, -0.15) is 18.3 Å². The number of aromatic nitrogens is 5. The van der Waals surface area contributed by atoms with Crippen LogP contribution >= 0.6 is 0 Å². The largest absolute Gasteiger partial charge is 0.444 e. The van der Waals surface area contributed by atoms with Crippen LogP contribution in [0.1, 0.15) is 44.9 Å². The monoisotopic (exact) mass is 457 g/mol. The molecule has 1 N–H and O–H groups in total. The van der Waals surface area contributed by atoms with Gasteiger partial charge in [0, 0.05) is 18.9 Å². The van der Waals surface area contributed by atoms with Crippen LogP contribution in [0, 0.1) is 0 Å². The Bertz CT molecular complexity index is 926. The molecule has 1 aliphatic rings. The molecule has 1 atom stereocenters. The van der Waals surface area contributed by atoms with E-state index in [4.69, 9.17) is 9.47 Å². The summed E-state index contributed by atoms with van der Waals surface area (Å²) in [6.07, 6.45) is -3.45. The van der Waals surface area contributed by atoms with Crippen molar-refractivity contribution in [3.63, 3.8) is 0 Å². The lowest BCUT2D eigenvalue weighted by molar-refractivity contribution is -0.138. The number of nitrogens with zero attached hydrogens (tertiary/aromatic N) is 6. The fourth-order valence-electron chi connectivity index (χ4n) is 2.93. The third-order valence-corrected chi connectivity index (χ3v) is 4.32. The van der Waals surface area contributed by atoms with Crippen LogP contribution in [0.25, 0.3) is 0 Å².